The van der Waals surface area contributed by atoms with Crippen LogP contribution in [0.4, 0.5) is 5.82 Å². The average molecular weight is 206 g/mol. The Morgan fingerprint density at radius 1 is 1.60 bits per heavy atom. The van der Waals surface area contributed by atoms with Crippen LogP contribution >= 0.6 is 0 Å². The summed E-state index contributed by atoms with van der Waals surface area (Å²) in [5.74, 6) is 1.13. The zero-order chi connectivity index (χ0) is 10.4. The lowest BCUT2D eigenvalue weighted by Gasteiger charge is -2.26. The molecule has 0 aromatic carbocycles. The molecule has 1 aromatic heterocycles. The molecule has 2 heterocycles. The number of amides is 1. The van der Waals surface area contributed by atoms with Crippen LogP contribution in [-0.4, -0.2) is 33.6 Å². The molecule has 3 N–H and O–H groups in total. The molecule has 15 heavy (non-hydrogen) atoms. The van der Waals surface area contributed by atoms with Gasteiger partial charge < -0.3 is 10.6 Å². The summed E-state index contributed by atoms with van der Waals surface area (Å²) in [4.78, 5) is 14.1. The normalized spacial score (nSPS) is 28.7. The summed E-state index contributed by atoms with van der Waals surface area (Å²) >= 11 is 0. The van der Waals surface area contributed by atoms with Crippen LogP contribution in [-0.2, 0) is 0 Å². The van der Waals surface area contributed by atoms with Gasteiger partial charge in [-0.15, -0.1) is 0 Å². The van der Waals surface area contributed by atoms with Crippen molar-refractivity contribution in [2.24, 2.45) is 5.92 Å². The molecular weight excluding hydrogens is 192 g/mol. The number of likely N-dealkylation sites (tertiary alicyclic amines) is 1. The number of hydrogen-bond acceptors (Lipinski definition) is 3. The molecule has 5 nitrogen and oxygen atoms in total. The molecule has 2 unspecified atom stereocenters. The van der Waals surface area contributed by atoms with Gasteiger partial charge in [0.1, 0.15) is 11.4 Å². The Bertz CT molecular complexity index is 400. The SMILES string of the molecule is Nc1[nH]ncc1C(=O)N1CC2CCC1C2. The summed E-state index contributed by atoms with van der Waals surface area (Å²) in [6, 6.07) is 0.441. The minimum atomic E-state index is 0.0356. The third kappa shape index (κ3) is 1.22. The van der Waals surface area contributed by atoms with Crippen LogP contribution in [0, 0.1) is 5.92 Å². The third-order valence-corrected chi connectivity index (χ3v) is 3.57. The number of H-pyrrole nitrogens is 1. The molecule has 1 saturated heterocycles. The monoisotopic (exact) mass is 206 g/mol. The second-order valence-electron chi connectivity index (χ2n) is 4.49. The maximum Gasteiger partial charge on any atom is 0.259 e. The molecule has 1 saturated carbocycles. The lowest BCUT2D eigenvalue weighted by Crippen LogP contribution is -2.37. The quantitative estimate of drug-likeness (QED) is 0.707. The Hall–Kier alpha value is -1.52. The highest BCUT2D eigenvalue weighted by Gasteiger charge is 2.40. The van der Waals surface area contributed by atoms with Crippen molar-refractivity contribution in [1.29, 1.82) is 0 Å². The van der Waals surface area contributed by atoms with Crippen LogP contribution in [0.3, 0.4) is 0 Å². The molecule has 2 aliphatic rings. The van der Waals surface area contributed by atoms with Gasteiger partial charge in [-0.05, 0) is 25.2 Å². The molecule has 1 amide bonds. The number of fused-ring (bicyclic) bond motifs is 2. The molecule has 1 aromatic rings. The molecule has 2 fully saturated rings. The minimum Gasteiger partial charge on any atom is -0.383 e. The molecule has 0 radical (unpaired) electrons. The van der Waals surface area contributed by atoms with Gasteiger partial charge in [-0.3, -0.25) is 9.89 Å². The Balaban J connectivity index is 1.84. The Morgan fingerprint density at radius 3 is 3.00 bits per heavy atom. The van der Waals surface area contributed by atoms with E-state index >= 15 is 0 Å². The van der Waals surface area contributed by atoms with E-state index in [1.54, 1.807) is 0 Å². The number of aromatic nitrogens is 2. The van der Waals surface area contributed by atoms with Gasteiger partial charge >= 0.3 is 0 Å². The van der Waals surface area contributed by atoms with E-state index in [4.69, 9.17) is 5.73 Å². The second kappa shape index (κ2) is 2.98. The highest BCUT2D eigenvalue weighted by atomic mass is 16.2. The number of nitrogens with one attached hydrogen (secondary N) is 1. The van der Waals surface area contributed by atoms with Crippen molar-refractivity contribution in [1.82, 2.24) is 15.1 Å². The number of nitrogens with zero attached hydrogens (tertiary/aromatic N) is 2. The Morgan fingerprint density at radius 2 is 2.47 bits per heavy atom. The van der Waals surface area contributed by atoms with E-state index in [9.17, 15) is 4.79 Å². The van der Waals surface area contributed by atoms with Crippen molar-refractivity contribution in [3.05, 3.63) is 11.8 Å². The van der Waals surface area contributed by atoms with Crippen LogP contribution in [0.25, 0.3) is 0 Å². The molecule has 3 rings (SSSR count). The van der Waals surface area contributed by atoms with E-state index in [2.05, 4.69) is 10.2 Å². The molecule has 1 aliphatic heterocycles. The highest BCUT2D eigenvalue weighted by molar-refractivity contribution is 5.98. The van der Waals surface area contributed by atoms with E-state index in [0.717, 1.165) is 13.0 Å². The first-order valence-corrected chi connectivity index (χ1v) is 5.35. The van der Waals surface area contributed by atoms with Gasteiger partial charge in [0.15, 0.2) is 0 Å². The fraction of sp³-hybridized carbons (Fsp3) is 0.600. The number of piperidine rings is 1. The largest absolute Gasteiger partial charge is 0.383 e. The summed E-state index contributed by atoms with van der Waals surface area (Å²) in [5.41, 5.74) is 6.16. The molecule has 80 valence electrons. The number of carbonyl (C=O) groups is 1. The van der Waals surface area contributed by atoms with E-state index in [1.807, 2.05) is 4.90 Å². The molecule has 1 aliphatic carbocycles. The van der Waals surface area contributed by atoms with Crippen LogP contribution in [0.5, 0.6) is 0 Å². The van der Waals surface area contributed by atoms with Gasteiger partial charge in [0.2, 0.25) is 0 Å². The van der Waals surface area contributed by atoms with Gasteiger partial charge in [0.25, 0.3) is 5.91 Å². The molecule has 5 heteroatoms. The fourth-order valence-electron chi connectivity index (χ4n) is 2.79. The van der Waals surface area contributed by atoms with E-state index in [0.29, 0.717) is 23.3 Å². The van der Waals surface area contributed by atoms with Gasteiger partial charge in [0, 0.05) is 12.6 Å². The standard InChI is InChI=1S/C10H14N4O/c11-9-8(4-12-13-9)10(15)14-5-6-1-2-7(14)3-6/h4,6-7H,1-3,5H2,(H3,11,12,13). The molecule has 2 bridgehead atoms. The van der Waals surface area contributed by atoms with Crippen LogP contribution < -0.4 is 5.73 Å². The zero-order valence-corrected chi connectivity index (χ0v) is 8.44. The Kier molecular flexibility index (Phi) is 1.74. The predicted octanol–water partition coefficient (Wildman–Crippen LogP) is 0.616. The van der Waals surface area contributed by atoms with Crippen molar-refractivity contribution < 1.29 is 4.79 Å². The van der Waals surface area contributed by atoms with Crippen molar-refractivity contribution >= 4 is 11.7 Å². The summed E-state index contributed by atoms with van der Waals surface area (Å²) < 4.78 is 0. The number of nitrogen functional groups attached to an aromatic ring is 1. The fourth-order valence-corrected chi connectivity index (χ4v) is 2.79. The van der Waals surface area contributed by atoms with E-state index in [-0.39, 0.29) is 5.91 Å². The highest BCUT2D eigenvalue weighted by Crippen LogP contribution is 2.38. The smallest absolute Gasteiger partial charge is 0.259 e. The summed E-state index contributed by atoms with van der Waals surface area (Å²) in [6.45, 7) is 0.897. The van der Waals surface area contributed by atoms with Gasteiger partial charge in [0.05, 0.1) is 6.20 Å². The first kappa shape index (κ1) is 8.76. The van der Waals surface area contributed by atoms with Gasteiger partial charge in [-0.1, -0.05) is 0 Å². The molecule has 0 spiro atoms. The lowest BCUT2D eigenvalue weighted by molar-refractivity contribution is 0.0705. The van der Waals surface area contributed by atoms with Crippen molar-refractivity contribution in [3.63, 3.8) is 0 Å². The topological polar surface area (TPSA) is 75.0 Å². The number of anilines is 1. The first-order chi connectivity index (χ1) is 7.25. The first-order valence-electron chi connectivity index (χ1n) is 5.35. The van der Waals surface area contributed by atoms with Crippen LogP contribution in [0.15, 0.2) is 6.20 Å². The summed E-state index contributed by atoms with van der Waals surface area (Å²) in [5, 5.41) is 6.38. The third-order valence-electron chi connectivity index (χ3n) is 3.57. The van der Waals surface area contributed by atoms with Crippen molar-refractivity contribution in [3.8, 4) is 0 Å². The summed E-state index contributed by atoms with van der Waals surface area (Å²) in [6.07, 6.45) is 5.11. The number of hydrogen-bond donors (Lipinski definition) is 2. The average Bonchev–Trinajstić information content (AvgIpc) is 2.91. The van der Waals surface area contributed by atoms with Crippen molar-refractivity contribution in [2.45, 2.75) is 25.3 Å². The Labute approximate surface area is 87.6 Å². The number of aromatic amines is 1. The van der Waals surface area contributed by atoms with E-state index < -0.39 is 0 Å². The minimum absolute atomic E-state index is 0.0356. The second-order valence-corrected chi connectivity index (χ2v) is 4.49. The number of nitrogens with two attached hydrogens (primary N) is 1. The summed E-state index contributed by atoms with van der Waals surface area (Å²) in [7, 11) is 0. The molecule has 2 atom stereocenters. The van der Waals surface area contributed by atoms with Crippen molar-refractivity contribution in [2.75, 3.05) is 12.3 Å². The number of carbonyl (C=O) groups excluding carboxylic acids is 1. The van der Waals surface area contributed by atoms with E-state index in [1.165, 1.54) is 19.0 Å². The van der Waals surface area contributed by atoms with Gasteiger partial charge in [-0.25, -0.2) is 0 Å². The van der Waals surface area contributed by atoms with Crippen LogP contribution in [0.2, 0.25) is 0 Å². The van der Waals surface area contributed by atoms with Gasteiger partial charge in [-0.2, -0.15) is 5.10 Å². The molecular formula is C10H14N4O. The maximum atomic E-state index is 12.1. The van der Waals surface area contributed by atoms with Crippen LogP contribution in [0.1, 0.15) is 29.6 Å². The predicted molar refractivity (Wildman–Crippen MR) is 55.2 cm³/mol. The zero-order valence-electron chi connectivity index (χ0n) is 8.44. The maximum absolute atomic E-state index is 12.1. The number of rotatable bonds is 1. The lowest BCUT2D eigenvalue weighted by atomic mass is 10.1.